The summed E-state index contributed by atoms with van der Waals surface area (Å²) in [5.41, 5.74) is 0.732. The van der Waals surface area contributed by atoms with Gasteiger partial charge in [-0.05, 0) is 6.92 Å². The van der Waals surface area contributed by atoms with Crippen LogP contribution in [0.5, 0.6) is 0 Å². The Morgan fingerprint density at radius 3 is 2.72 bits per heavy atom. The topological polar surface area (TPSA) is 93.3 Å². The van der Waals surface area contributed by atoms with Gasteiger partial charge in [0.25, 0.3) is 0 Å². The molecule has 0 aliphatic rings. The van der Waals surface area contributed by atoms with Gasteiger partial charge in [-0.25, -0.2) is 9.78 Å². The molecule has 0 fully saturated rings. The third-order valence-electron chi connectivity index (χ3n) is 2.50. The molecule has 0 saturated heterocycles. The Kier molecular flexibility index (Phi) is 5.31. The minimum Gasteiger partial charge on any atom is -0.467 e. The maximum absolute atomic E-state index is 11.7. The quantitative estimate of drug-likeness (QED) is 0.677. The van der Waals surface area contributed by atoms with Gasteiger partial charge in [0.1, 0.15) is 12.1 Å². The van der Waals surface area contributed by atoms with Gasteiger partial charge in [-0.3, -0.25) is 4.79 Å². The molecule has 0 spiro atoms. The van der Waals surface area contributed by atoms with Gasteiger partial charge in [0.05, 0.1) is 13.4 Å². The predicted molar refractivity (Wildman–Crippen MR) is 62.7 cm³/mol. The Labute approximate surface area is 105 Å². The molecule has 0 aromatic carbocycles. The predicted octanol–water partition coefficient (Wildman–Crippen LogP) is -0.355. The van der Waals surface area contributed by atoms with Crippen molar-refractivity contribution in [2.75, 3.05) is 14.2 Å². The lowest BCUT2D eigenvalue weighted by Gasteiger charge is -2.18. The minimum absolute atomic E-state index is 0.287. The van der Waals surface area contributed by atoms with E-state index in [4.69, 9.17) is 4.74 Å². The van der Waals surface area contributed by atoms with Crippen LogP contribution in [0.1, 0.15) is 12.6 Å². The number of aromatic amines is 1. The summed E-state index contributed by atoms with van der Waals surface area (Å²) in [5, 5.41) is 2.57. The summed E-state index contributed by atoms with van der Waals surface area (Å²) in [6.07, 6.45) is 2.75. The number of nitrogens with zero attached hydrogens (tertiary/aromatic N) is 1. The van der Waals surface area contributed by atoms with Crippen LogP contribution in [0.3, 0.4) is 0 Å². The summed E-state index contributed by atoms with van der Waals surface area (Å²) in [5.74, 6) is -0.881. The lowest BCUT2D eigenvalue weighted by molar-refractivity contribution is -0.146. The second-order valence-electron chi connectivity index (χ2n) is 3.74. The maximum Gasteiger partial charge on any atom is 0.328 e. The SMILES string of the molecule is COC(=O)[C@H](Cc1cnc[nH]1)NC(=O)C(C)OC. The molecule has 0 saturated carbocycles. The molecule has 100 valence electrons. The van der Waals surface area contributed by atoms with Crippen molar-refractivity contribution in [3.63, 3.8) is 0 Å². The fraction of sp³-hybridized carbons (Fsp3) is 0.545. The van der Waals surface area contributed by atoms with Gasteiger partial charge in [0, 0.05) is 25.4 Å². The van der Waals surface area contributed by atoms with Crippen LogP contribution in [-0.4, -0.2) is 48.2 Å². The van der Waals surface area contributed by atoms with E-state index < -0.39 is 18.1 Å². The number of aromatic nitrogens is 2. The number of imidazole rings is 1. The van der Waals surface area contributed by atoms with Crippen molar-refractivity contribution in [2.24, 2.45) is 0 Å². The van der Waals surface area contributed by atoms with Crippen LogP contribution in [-0.2, 0) is 25.5 Å². The van der Waals surface area contributed by atoms with Crippen molar-refractivity contribution >= 4 is 11.9 Å². The van der Waals surface area contributed by atoms with Crippen molar-refractivity contribution < 1.29 is 19.1 Å². The molecule has 1 aromatic rings. The first-order valence-corrected chi connectivity index (χ1v) is 5.46. The fourth-order valence-electron chi connectivity index (χ4n) is 1.35. The van der Waals surface area contributed by atoms with E-state index in [1.165, 1.54) is 20.5 Å². The highest BCUT2D eigenvalue weighted by atomic mass is 16.5. The molecule has 2 N–H and O–H groups in total. The Morgan fingerprint density at radius 1 is 1.50 bits per heavy atom. The van der Waals surface area contributed by atoms with E-state index in [2.05, 4.69) is 20.0 Å². The number of methoxy groups -OCH3 is 2. The molecule has 0 aliphatic carbocycles. The average Bonchev–Trinajstić information content (AvgIpc) is 2.88. The molecule has 18 heavy (non-hydrogen) atoms. The normalized spacial score (nSPS) is 13.7. The molecule has 0 radical (unpaired) electrons. The smallest absolute Gasteiger partial charge is 0.328 e. The molecule has 0 bridgehead atoms. The van der Waals surface area contributed by atoms with Gasteiger partial charge in [-0.2, -0.15) is 0 Å². The Bertz CT molecular complexity index is 391. The standard InChI is InChI=1S/C11H17N3O4/c1-7(17-2)10(15)14-9(11(16)18-3)4-8-5-12-6-13-8/h5-7,9H,4H2,1-3H3,(H,12,13)(H,14,15)/t7?,9-/m0/s1. The van der Waals surface area contributed by atoms with E-state index in [1.807, 2.05) is 0 Å². The van der Waals surface area contributed by atoms with Gasteiger partial charge in [0.2, 0.25) is 5.91 Å². The molecule has 1 heterocycles. The van der Waals surface area contributed by atoms with E-state index in [9.17, 15) is 9.59 Å². The van der Waals surface area contributed by atoms with Crippen LogP contribution in [0.25, 0.3) is 0 Å². The molecule has 1 aromatic heterocycles. The van der Waals surface area contributed by atoms with Crippen molar-refractivity contribution in [3.05, 3.63) is 18.2 Å². The zero-order chi connectivity index (χ0) is 13.5. The number of nitrogens with one attached hydrogen (secondary N) is 2. The number of ether oxygens (including phenoxy) is 2. The number of amides is 1. The fourth-order valence-corrected chi connectivity index (χ4v) is 1.35. The number of esters is 1. The first kappa shape index (κ1) is 14.2. The van der Waals surface area contributed by atoms with Crippen LogP contribution in [0.2, 0.25) is 0 Å². The summed E-state index contributed by atoms with van der Waals surface area (Å²) in [6, 6.07) is -0.763. The van der Waals surface area contributed by atoms with Crippen molar-refractivity contribution in [1.29, 1.82) is 0 Å². The lowest BCUT2D eigenvalue weighted by Crippen LogP contribution is -2.46. The summed E-state index contributed by atoms with van der Waals surface area (Å²) in [4.78, 5) is 29.9. The van der Waals surface area contributed by atoms with Crippen molar-refractivity contribution in [3.8, 4) is 0 Å². The minimum atomic E-state index is -0.763. The van der Waals surface area contributed by atoms with Crippen molar-refractivity contribution in [2.45, 2.75) is 25.5 Å². The molecule has 1 unspecified atom stereocenters. The first-order valence-electron chi connectivity index (χ1n) is 5.46. The van der Waals surface area contributed by atoms with Gasteiger partial charge in [0.15, 0.2) is 0 Å². The Morgan fingerprint density at radius 2 is 2.22 bits per heavy atom. The first-order chi connectivity index (χ1) is 8.58. The van der Waals surface area contributed by atoms with Crippen LogP contribution in [0.15, 0.2) is 12.5 Å². The van der Waals surface area contributed by atoms with Crippen molar-refractivity contribution in [1.82, 2.24) is 15.3 Å². The highest BCUT2D eigenvalue weighted by Crippen LogP contribution is 2.01. The molecule has 7 heteroatoms. The number of carbonyl (C=O) groups excluding carboxylic acids is 2. The van der Waals surface area contributed by atoms with Gasteiger partial charge in [-0.1, -0.05) is 0 Å². The molecule has 1 rings (SSSR count). The van der Waals surface area contributed by atoms with E-state index in [1.54, 1.807) is 13.1 Å². The van der Waals surface area contributed by atoms with Crippen LogP contribution in [0.4, 0.5) is 0 Å². The van der Waals surface area contributed by atoms with Gasteiger partial charge >= 0.3 is 5.97 Å². The highest BCUT2D eigenvalue weighted by molar-refractivity contribution is 5.86. The maximum atomic E-state index is 11.7. The molecule has 2 atom stereocenters. The average molecular weight is 255 g/mol. The summed E-state index contributed by atoms with van der Waals surface area (Å²) < 4.78 is 9.52. The number of H-pyrrole nitrogens is 1. The van der Waals surface area contributed by atoms with E-state index >= 15 is 0 Å². The van der Waals surface area contributed by atoms with Gasteiger partial charge in [-0.15, -0.1) is 0 Å². The number of rotatable bonds is 6. The molecule has 7 nitrogen and oxygen atoms in total. The number of carbonyl (C=O) groups is 2. The lowest BCUT2D eigenvalue weighted by atomic mass is 10.1. The molecular weight excluding hydrogens is 238 g/mol. The summed E-state index contributed by atoms with van der Waals surface area (Å²) in [7, 11) is 2.69. The van der Waals surface area contributed by atoms with Gasteiger partial charge < -0.3 is 19.8 Å². The van der Waals surface area contributed by atoms with Crippen LogP contribution >= 0.6 is 0 Å². The zero-order valence-electron chi connectivity index (χ0n) is 10.6. The van der Waals surface area contributed by atoms with Crippen LogP contribution < -0.4 is 5.32 Å². The molecule has 0 aliphatic heterocycles. The second-order valence-corrected chi connectivity index (χ2v) is 3.74. The molecular formula is C11H17N3O4. The van der Waals surface area contributed by atoms with E-state index in [-0.39, 0.29) is 12.3 Å². The number of hydrogen-bond donors (Lipinski definition) is 2. The third kappa shape index (κ3) is 3.85. The van der Waals surface area contributed by atoms with Crippen LogP contribution in [0, 0.1) is 0 Å². The third-order valence-corrected chi connectivity index (χ3v) is 2.50. The monoisotopic (exact) mass is 255 g/mol. The highest BCUT2D eigenvalue weighted by Gasteiger charge is 2.24. The zero-order valence-corrected chi connectivity index (χ0v) is 10.6. The molecule has 1 amide bonds. The Hall–Kier alpha value is -1.89. The second kappa shape index (κ2) is 6.75. The Balaban J connectivity index is 2.67. The van der Waals surface area contributed by atoms with E-state index in [0.29, 0.717) is 0 Å². The largest absolute Gasteiger partial charge is 0.467 e. The number of hydrogen-bond acceptors (Lipinski definition) is 5. The summed E-state index contributed by atoms with van der Waals surface area (Å²) >= 11 is 0. The summed E-state index contributed by atoms with van der Waals surface area (Å²) in [6.45, 7) is 1.60. The van der Waals surface area contributed by atoms with E-state index in [0.717, 1.165) is 5.69 Å².